The molecule has 0 bridgehead atoms. The van der Waals surface area contributed by atoms with Crippen molar-refractivity contribution in [3.05, 3.63) is 26.6 Å². The number of hydrogen-bond acceptors (Lipinski definition) is 3. The van der Waals surface area contributed by atoms with Gasteiger partial charge < -0.3 is 9.84 Å². The molecule has 0 amide bonds. The molecule has 5 heteroatoms. The van der Waals surface area contributed by atoms with Crippen molar-refractivity contribution in [1.29, 1.82) is 0 Å². The van der Waals surface area contributed by atoms with E-state index in [4.69, 9.17) is 0 Å². The summed E-state index contributed by atoms with van der Waals surface area (Å²) in [5.74, 6) is -0.502. The fraction of sp³-hybridized carbons (Fsp3) is 0.125. The highest BCUT2D eigenvalue weighted by Gasteiger charge is 2.14. The van der Waals surface area contributed by atoms with Crippen LogP contribution in [0.1, 0.15) is 10.4 Å². The molecule has 13 heavy (non-hydrogen) atoms. The quantitative estimate of drug-likeness (QED) is 0.811. The molecule has 0 spiro atoms. The lowest BCUT2D eigenvalue weighted by Crippen LogP contribution is -2.02. The molecular weight excluding hydrogens is 304 g/mol. The zero-order valence-electron chi connectivity index (χ0n) is 6.67. The Hall–Kier alpha value is -0.550. The molecule has 0 atom stereocenters. The van der Waals surface area contributed by atoms with Crippen LogP contribution >= 0.6 is 31.9 Å². The minimum absolute atomic E-state index is 0.0112. The second kappa shape index (κ2) is 4.11. The average molecular weight is 310 g/mol. The van der Waals surface area contributed by atoms with Gasteiger partial charge in [-0.2, -0.15) is 0 Å². The third kappa shape index (κ3) is 2.03. The minimum atomic E-state index is -0.491. The van der Waals surface area contributed by atoms with Gasteiger partial charge in [0.1, 0.15) is 5.75 Å². The van der Waals surface area contributed by atoms with Crippen molar-refractivity contribution in [2.75, 3.05) is 7.11 Å². The fourth-order valence-corrected chi connectivity index (χ4v) is 1.91. The molecule has 0 fully saturated rings. The van der Waals surface area contributed by atoms with E-state index in [0.29, 0.717) is 14.5 Å². The number of ether oxygens (including phenoxy) is 1. The van der Waals surface area contributed by atoms with Crippen LogP contribution in [-0.2, 0) is 4.74 Å². The number of esters is 1. The van der Waals surface area contributed by atoms with Gasteiger partial charge >= 0.3 is 5.97 Å². The van der Waals surface area contributed by atoms with Gasteiger partial charge in [-0.25, -0.2) is 4.79 Å². The Morgan fingerprint density at radius 3 is 2.62 bits per heavy atom. The molecule has 1 N–H and O–H groups in total. The Labute approximate surface area is 92.0 Å². The molecule has 1 aromatic carbocycles. The second-order valence-corrected chi connectivity index (χ2v) is 3.90. The number of hydrogen-bond donors (Lipinski definition) is 1. The highest BCUT2D eigenvalue weighted by Crippen LogP contribution is 2.34. The van der Waals surface area contributed by atoms with Gasteiger partial charge in [-0.15, -0.1) is 0 Å². The van der Waals surface area contributed by atoms with Crippen LogP contribution in [0.5, 0.6) is 5.75 Å². The molecule has 0 saturated carbocycles. The zero-order valence-corrected chi connectivity index (χ0v) is 9.85. The highest BCUT2D eigenvalue weighted by atomic mass is 79.9. The summed E-state index contributed by atoms with van der Waals surface area (Å²) in [6.07, 6.45) is 0. The number of rotatable bonds is 1. The summed E-state index contributed by atoms with van der Waals surface area (Å²) in [6.45, 7) is 0. The van der Waals surface area contributed by atoms with Gasteiger partial charge in [0.05, 0.1) is 21.6 Å². The van der Waals surface area contributed by atoms with Gasteiger partial charge in [-0.1, -0.05) is 0 Å². The summed E-state index contributed by atoms with van der Waals surface area (Å²) < 4.78 is 5.36. The number of aromatic hydroxyl groups is 1. The van der Waals surface area contributed by atoms with Crippen LogP contribution in [-0.4, -0.2) is 18.2 Å². The van der Waals surface area contributed by atoms with E-state index in [9.17, 15) is 9.90 Å². The summed E-state index contributed by atoms with van der Waals surface area (Å²) in [4.78, 5) is 11.1. The minimum Gasteiger partial charge on any atom is -0.506 e. The van der Waals surface area contributed by atoms with E-state index in [1.165, 1.54) is 7.11 Å². The molecule has 0 radical (unpaired) electrons. The lowest BCUT2D eigenvalue weighted by molar-refractivity contribution is 0.0599. The van der Waals surface area contributed by atoms with Crippen molar-refractivity contribution in [3.8, 4) is 5.75 Å². The average Bonchev–Trinajstić information content (AvgIpc) is 2.13. The first-order valence-corrected chi connectivity index (χ1v) is 4.91. The maximum absolute atomic E-state index is 11.1. The van der Waals surface area contributed by atoms with Gasteiger partial charge in [0.15, 0.2) is 0 Å². The van der Waals surface area contributed by atoms with Crippen molar-refractivity contribution in [2.24, 2.45) is 0 Å². The Morgan fingerprint density at radius 2 is 2.08 bits per heavy atom. The molecule has 0 heterocycles. The Morgan fingerprint density at radius 1 is 1.46 bits per heavy atom. The van der Waals surface area contributed by atoms with E-state index in [1.807, 2.05) is 0 Å². The van der Waals surface area contributed by atoms with E-state index in [2.05, 4.69) is 36.6 Å². The van der Waals surface area contributed by atoms with E-state index in [0.717, 1.165) is 0 Å². The van der Waals surface area contributed by atoms with E-state index in [-0.39, 0.29) is 5.75 Å². The molecule has 0 saturated heterocycles. The van der Waals surface area contributed by atoms with Gasteiger partial charge in [-0.05, 0) is 44.0 Å². The summed E-state index contributed by atoms with van der Waals surface area (Å²) in [7, 11) is 1.29. The molecular formula is C8H6Br2O3. The number of phenols is 1. The Bertz CT molecular complexity index is 349. The van der Waals surface area contributed by atoms with Crippen LogP contribution in [0.4, 0.5) is 0 Å². The van der Waals surface area contributed by atoms with Crippen LogP contribution in [0.25, 0.3) is 0 Å². The number of benzene rings is 1. The van der Waals surface area contributed by atoms with Gasteiger partial charge in [0, 0.05) is 0 Å². The topological polar surface area (TPSA) is 46.5 Å². The van der Waals surface area contributed by atoms with Crippen LogP contribution < -0.4 is 0 Å². The van der Waals surface area contributed by atoms with Crippen molar-refractivity contribution in [2.45, 2.75) is 0 Å². The van der Waals surface area contributed by atoms with Crippen LogP contribution in [0.3, 0.4) is 0 Å². The molecule has 0 aliphatic heterocycles. The summed E-state index contributed by atoms with van der Waals surface area (Å²) in [5.41, 5.74) is 0.295. The number of methoxy groups -OCH3 is 1. The SMILES string of the molecule is COC(=O)c1ccc(Br)c(O)c1Br. The van der Waals surface area contributed by atoms with Crippen molar-refractivity contribution in [1.82, 2.24) is 0 Å². The molecule has 70 valence electrons. The summed E-state index contributed by atoms with van der Waals surface area (Å²) >= 11 is 6.21. The number of halogens is 2. The predicted octanol–water partition coefficient (Wildman–Crippen LogP) is 2.70. The number of carbonyl (C=O) groups excluding carboxylic acids is 1. The van der Waals surface area contributed by atoms with Gasteiger partial charge in [-0.3, -0.25) is 0 Å². The number of phenolic OH excluding ortho intramolecular Hbond substituents is 1. The Kier molecular flexibility index (Phi) is 3.33. The lowest BCUT2D eigenvalue weighted by Gasteiger charge is -2.05. The largest absolute Gasteiger partial charge is 0.506 e. The maximum atomic E-state index is 11.1. The number of carbonyl (C=O) groups is 1. The molecule has 3 nitrogen and oxygen atoms in total. The van der Waals surface area contributed by atoms with Crippen LogP contribution in [0.2, 0.25) is 0 Å². The molecule has 1 rings (SSSR count). The maximum Gasteiger partial charge on any atom is 0.339 e. The fourth-order valence-electron chi connectivity index (χ4n) is 0.809. The van der Waals surface area contributed by atoms with E-state index >= 15 is 0 Å². The van der Waals surface area contributed by atoms with Crippen LogP contribution in [0.15, 0.2) is 21.1 Å². The zero-order chi connectivity index (χ0) is 10.0. The lowest BCUT2D eigenvalue weighted by atomic mass is 10.2. The third-order valence-corrected chi connectivity index (χ3v) is 2.91. The third-order valence-electron chi connectivity index (χ3n) is 1.47. The predicted molar refractivity (Wildman–Crippen MR) is 54.8 cm³/mol. The Balaban J connectivity index is 3.26. The monoisotopic (exact) mass is 308 g/mol. The molecule has 0 unspecified atom stereocenters. The first-order valence-electron chi connectivity index (χ1n) is 3.33. The standard InChI is InChI=1S/C8H6Br2O3/c1-13-8(12)4-2-3-5(9)7(11)6(4)10/h2-3,11H,1H3. The van der Waals surface area contributed by atoms with Crippen molar-refractivity contribution in [3.63, 3.8) is 0 Å². The van der Waals surface area contributed by atoms with Crippen LogP contribution in [0, 0.1) is 0 Å². The second-order valence-electron chi connectivity index (χ2n) is 2.25. The molecule has 0 aliphatic rings. The van der Waals surface area contributed by atoms with Gasteiger partial charge in [0.2, 0.25) is 0 Å². The smallest absolute Gasteiger partial charge is 0.339 e. The van der Waals surface area contributed by atoms with Crippen molar-refractivity contribution >= 4 is 37.8 Å². The highest BCUT2D eigenvalue weighted by molar-refractivity contribution is 9.11. The van der Waals surface area contributed by atoms with Gasteiger partial charge in [0.25, 0.3) is 0 Å². The first-order chi connectivity index (χ1) is 6.07. The summed E-state index contributed by atoms with van der Waals surface area (Å²) in [5, 5.41) is 9.43. The van der Waals surface area contributed by atoms with E-state index in [1.54, 1.807) is 12.1 Å². The molecule has 0 aliphatic carbocycles. The first kappa shape index (κ1) is 10.5. The van der Waals surface area contributed by atoms with E-state index < -0.39 is 5.97 Å². The summed E-state index contributed by atoms with van der Waals surface area (Å²) in [6, 6.07) is 3.13. The molecule has 1 aromatic rings. The van der Waals surface area contributed by atoms with Crippen molar-refractivity contribution < 1.29 is 14.6 Å². The molecule has 0 aromatic heterocycles. The normalized spacial score (nSPS) is 9.77.